The average molecular weight is 332 g/mol. The third-order valence-corrected chi connectivity index (χ3v) is 13.0. The monoisotopic (exact) mass is 332 g/mol. The molecule has 102 valence electrons. The van der Waals surface area contributed by atoms with Crippen LogP contribution in [0.3, 0.4) is 0 Å². The molecule has 1 aromatic rings. The van der Waals surface area contributed by atoms with E-state index in [4.69, 9.17) is 0 Å². The molecule has 1 aliphatic rings. The Morgan fingerprint density at radius 2 is 2.26 bits per heavy atom. The van der Waals surface area contributed by atoms with Crippen molar-refractivity contribution in [2.24, 2.45) is 0 Å². The summed E-state index contributed by atoms with van der Waals surface area (Å²) < 4.78 is 0. The minimum atomic E-state index is -0.449. The molecule has 0 radical (unpaired) electrons. The van der Waals surface area contributed by atoms with Crippen molar-refractivity contribution in [2.45, 2.75) is 19.8 Å². The molecule has 4 atom stereocenters. The molecule has 0 spiro atoms. The van der Waals surface area contributed by atoms with Crippen LogP contribution < -0.4 is 5.30 Å². The second-order valence-electron chi connectivity index (χ2n) is 4.18. The van der Waals surface area contributed by atoms with E-state index in [2.05, 4.69) is 22.8 Å². The van der Waals surface area contributed by atoms with Crippen LogP contribution in [0.4, 0.5) is 0 Å². The Labute approximate surface area is 120 Å². The summed E-state index contributed by atoms with van der Waals surface area (Å²) >= 11 is 0. The molecule has 0 fully saturated rings. The first kappa shape index (κ1) is 15.4. The third-order valence-electron chi connectivity index (χ3n) is 2.93. The maximum atomic E-state index is 12.5. The van der Waals surface area contributed by atoms with Crippen molar-refractivity contribution in [1.82, 2.24) is 9.88 Å². The number of rotatable bonds is 4. The first-order valence-electron chi connectivity index (χ1n) is 5.93. The van der Waals surface area contributed by atoms with Gasteiger partial charge in [0.05, 0.1) is 17.7 Å². The maximum Gasteiger partial charge on any atom is 0.263 e. The highest BCUT2D eigenvalue weighted by atomic mass is 32.6. The summed E-state index contributed by atoms with van der Waals surface area (Å²) in [6.45, 7) is 2.45. The Kier molecular flexibility index (Phi) is 5.38. The number of pyridine rings is 1. The van der Waals surface area contributed by atoms with Crippen molar-refractivity contribution in [3.05, 3.63) is 23.5 Å². The smallest absolute Gasteiger partial charge is 0.263 e. The lowest BCUT2D eigenvalue weighted by molar-refractivity contribution is -0.128. The quantitative estimate of drug-likeness (QED) is 0.628. The Bertz CT molecular complexity index is 523. The first-order chi connectivity index (χ1) is 9.10. The minimum Gasteiger partial charge on any atom is -0.278 e. The van der Waals surface area contributed by atoms with Gasteiger partial charge in [-0.1, -0.05) is 14.9 Å². The van der Waals surface area contributed by atoms with Gasteiger partial charge in [-0.25, -0.2) is 0 Å². The van der Waals surface area contributed by atoms with Crippen molar-refractivity contribution >= 4 is 50.2 Å². The summed E-state index contributed by atoms with van der Waals surface area (Å²) in [6.07, 6.45) is 2.72. The molecule has 1 aliphatic heterocycles. The van der Waals surface area contributed by atoms with Crippen LogP contribution in [0.2, 0.25) is 0 Å². The fourth-order valence-corrected chi connectivity index (χ4v) is 5.77. The molecule has 2 heterocycles. The second kappa shape index (κ2) is 6.64. The number of aromatic nitrogens is 1. The zero-order chi connectivity index (χ0) is 14.0. The fraction of sp³-hybridized carbons (Fsp3) is 0.364. The van der Waals surface area contributed by atoms with Crippen LogP contribution in [0.15, 0.2) is 12.3 Å². The molecule has 4 nitrogen and oxygen atoms in total. The molecule has 19 heavy (non-hydrogen) atoms. The summed E-state index contributed by atoms with van der Waals surface area (Å²) in [7, 11) is 5.77. The Morgan fingerprint density at radius 3 is 2.89 bits per heavy atom. The largest absolute Gasteiger partial charge is 0.278 e. The zero-order valence-electron chi connectivity index (χ0n) is 10.6. The summed E-state index contributed by atoms with van der Waals surface area (Å²) in [5.41, 5.74) is 1.30. The number of fused-ring (bicyclic) bond motifs is 1. The molecule has 8 heteroatoms. The molecule has 0 N–H and O–H groups in total. The van der Waals surface area contributed by atoms with E-state index in [0.29, 0.717) is 25.8 Å². The summed E-state index contributed by atoms with van der Waals surface area (Å²) in [5, 5.41) is 1.04. The van der Waals surface area contributed by atoms with Crippen molar-refractivity contribution in [1.29, 1.82) is 0 Å². The lowest BCUT2D eigenvalue weighted by Crippen LogP contribution is -2.45. The highest BCUT2D eigenvalue weighted by Crippen LogP contribution is 2.65. The van der Waals surface area contributed by atoms with Gasteiger partial charge in [-0.05, 0) is 19.8 Å². The maximum absolute atomic E-state index is 12.5. The molecule has 2 rings (SSSR count). The molecule has 0 saturated heterocycles. The van der Waals surface area contributed by atoms with Crippen LogP contribution in [0.1, 0.15) is 29.4 Å². The van der Waals surface area contributed by atoms with Crippen molar-refractivity contribution in [2.75, 3.05) is 6.54 Å². The van der Waals surface area contributed by atoms with Gasteiger partial charge in [0.25, 0.3) is 5.91 Å². The standard InChI is InChI=1S/C11H16N2O2P4/c1-2-5-13-9(14)6-7-10(11(13)15)8(3-4-12-7)19(17)18-16/h3-4,18H,2,5-6,16-17H2,1H3. The SMILES string of the molecule is CCCN1C(=O)Cc2nccc(P(P)PP)c2C1=O. The van der Waals surface area contributed by atoms with Crippen LogP contribution >= 0.6 is 33.1 Å². The average Bonchev–Trinajstić information content (AvgIpc) is 2.41. The van der Waals surface area contributed by atoms with E-state index in [1.54, 1.807) is 6.20 Å². The number of hydrogen-bond donors (Lipinski definition) is 0. The van der Waals surface area contributed by atoms with E-state index < -0.39 is 7.30 Å². The van der Waals surface area contributed by atoms with Gasteiger partial charge in [-0.3, -0.25) is 19.5 Å². The van der Waals surface area contributed by atoms with Crippen molar-refractivity contribution in [3.63, 3.8) is 0 Å². The number of nitrogens with zero attached hydrogens (tertiary/aromatic N) is 2. The lowest BCUT2D eigenvalue weighted by atomic mass is 10.0. The highest BCUT2D eigenvalue weighted by molar-refractivity contribution is 8.63. The van der Waals surface area contributed by atoms with E-state index in [9.17, 15) is 9.59 Å². The van der Waals surface area contributed by atoms with Crippen LogP contribution in [0.25, 0.3) is 0 Å². The molecular weight excluding hydrogens is 316 g/mol. The number of hydrogen-bond acceptors (Lipinski definition) is 3. The van der Waals surface area contributed by atoms with Crippen LogP contribution in [-0.4, -0.2) is 28.2 Å². The van der Waals surface area contributed by atoms with Crippen LogP contribution in [0, 0.1) is 0 Å². The van der Waals surface area contributed by atoms with Gasteiger partial charge >= 0.3 is 0 Å². The van der Waals surface area contributed by atoms with Gasteiger partial charge < -0.3 is 0 Å². The van der Waals surface area contributed by atoms with E-state index in [0.717, 1.165) is 11.7 Å². The Morgan fingerprint density at radius 1 is 1.53 bits per heavy atom. The van der Waals surface area contributed by atoms with E-state index in [-0.39, 0.29) is 18.2 Å². The molecule has 1 aromatic heterocycles. The van der Waals surface area contributed by atoms with Crippen LogP contribution in [-0.2, 0) is 11.2 Å². The summed E-state index contributed by atoms with van der Waals surface area (Å²) in [5.74, 6) is -0.306. The van der Waals surface area contributed by atoms with Gasteiger partial charge in [0, 0.05) is 18.0 Å². The van der Waals surface area contributed by atoms with Gasteiger partial charge in [0.2, 0.25) is 5.91 Å². The highest BCUT2D eigenvalue weighted by Gasteiger charge is 2.33. The topological polar surface area (TPSA) is 50.3 Å². The number of carbonyl (C=O) groups is 2. The molecule has 4 unspecified atom stereocenters. The number of amides is 2. The Hall–Kier alpha value is 0.01000. The van der Waals surface area contributed by atoms with Crippen molar-refractivity contribution < 1.29 is 9.59 Å². The molecule has 0 saturated carbocycles. The summed E-state index contributed by atoms with van der Waals surface area (Å²) in [6, 6.07) is 1.91. The van der Waals surface area contributed by atoms with Gasteiger partial charge in [0.15, 0.2) is 0 Å². The Balaban J connectivity index is 2.49. The normalized spacial score (nSPS) is 17.1. The second-order valence-corrected chi connectivity index (χ2v) is 13.3. The summed E-state index contributed by atoms with van der Waals surface area (Å²) in [4.78, 5) is 30.1. The fourth-order valence-electron chi connectivity index (χ4n) is 2.07. The van der Waals surface area contributed by atoms with E-state index in [1.807, 2.05) is 13.0 Å². The predicted octanol–water partition coefficient (Wildman–Crippen LogP) is 2.30. The van der Waals surface area contributed by atoms with Gasteiger partial charge in [-0.15, -0.1) is 17.9 Å². The molecule has 0 aromatic carbocycles. The third kappa shape index (κ3) is 3.03. The predicted molar refractivity (Wildman–Crippen MR) is 88.6 cm³/mol. The van der Waals surface area contributed by atoms with E-state index in [1.165, 1.54) is 4.90 Å². The zero-order valence-corrected chi connectivity index (χ0v) is 14.8. The molecule has 0 aliphatic carbocycles. The van der Waals surface area contributed by atoms with Crippen molar-refractivity contribution in [3.8, 4) is 0 Å². The molecular formula is C11H16N2O2P4. The van der Waals surface area contributed by atoms with Crippen LogP contribution in [0.5, 0.6) is 0 Å². The first-order valence-corrected chi connectivity index (χ1v) is 12.5. The minimum absolute atomic E-state index is 0.134. The lowest BCUT2D eigenvalue weighted by Gasteiger charge is -2.28. The number of carbonyl (C=O) groups excluding carboxylic acids is 2. The van der Waals surface area contributed by atoms with Gasteiger partial charge in [-0.2, -0.15) is 0 Å². The molecule has 0 bridgehead atoms. The van der Waals surface area contributed by atoms with Gasteiger partial charge in [0.1, 0.15) is 0 Å². The number of imide groups is 1. The van der Waals surface area contributed by atoms with E-state index >= 15 is 0 Å². The molecule has 2 amide bonds.